The quantitative estimate of drug-likeness (QED) is 0.839. The standard InChI is InChI=1S/C15H26N2OS/c1-12(2)9-16-14-8-13(15-4-3-7-19-15)10-17(11-14)5-6-18/h3-4,7,12-14,16,18H,5-6,8-11H2,1-2H3. The number of hydrogen-bond donors (Lipinski definition) is 2. The van der Waals surface area contributed by atoms with Crippen molar-refractivity contribution in [3.05, 3.63) is 22.4 Å². The number of piperidine rings is 1. The van der Waals surface area contributed by atoms with E-state index >= 15 is 0 Å². The van der Waals surface area contributed by atoms with Gasteiger partial charge >= 0.3 is 0 Å². The van der Waals surface area contributed by atoms with Gasteiger partial charge in [0.25, 0.3) is 0 Å². The number of aliphatic hydroxyl groups excluding tert-OH is 1. The number of aliphatic hydroxyl groups is 1. The highest BCUT2D eigenvalue weighted by Crippen LogP contribution is 2.30. The molecule has 1 saturated heterocycles. The number of rotatable bonds is 6. The number of thiophene rings is 1. The zero-order valence-electron chi connectivity index (χ0n) is 12.0. The van der Waals surface area contributed by atoms with Crippen LogP contribution in [0.15, 0.2) is 17.5 Å². The third-order valence-corrected chi connectivity index (χ3v) is 4.74. The van der Waals surface area contributed by atoms with Crippen molar-refractivity contribution in [2.75, 3.05) is 32.8 Å². The molecule has 4 heteroatoms. The van der Waals surface area contributed by atoms with Gasteiger partial charge in [-0.2, -0.15) is 0 Å². The predicted molar refractivity (Wildman–Crippen MR) is 81.8 cm³/mol. The second-order valence-electron chi connectivity index (χ2n) is 5.93. The third kappa shape index (κ3) is 4.56. The molecular weight excluding hydrogens is 256 g/mol. The van der Waals surface area contributed by atoms with Crippen LogP contribution in [0, 0.1) is 5.92 Å². The van der Waals surface area contributed by atoms with E-state index in [-0.39, 0.29) is 6.61 Å². The van der Waals surface area contributed by atoms with Gasteiger partial charge < -0.3 is 10.4 Å². The number of likely N-dealkylation sites (tertiary alicyclic amines) is 1. The minimum absolute atomic E-state index is 0.258. The van der Waals surface area contributed by atoms with Gasteiger partial charge in [-0.15, -0.1) is 11.3 Å². The van der Waals surface area contributed by atoms with E-state index in [1.807, 2.05) is 11.3 Å². The van der Waals surface area contributed by atoms with Crippen LogP contribution < -0.4 is 5.32 Å². The summed E-state index contributed by atoms with van der Waals surface area (Å²) in [5.74, 6) is 1.30. The van der Waals surface area contributed by atoms with Crippen molar-refractivity contribution in [3.63, 3.8) is 0 Å². The SMILES string of the molecule is CC(C)CNC1CC(c2cccs2)CN(CCO)C1. The van der Waals surface area contributed by atoms with Crippen LogP contribution in [0.3, 0.4) is 0 Å². The van der Waals surface area contributed by atoms with Crippen molar-refractivity contribution in [1.82, 2.24) is 10.2 Å². The van der Waals surface area contributed by atoms with Gasteiger partial charge in [-0.05, 0) is 30.3 Å². The van der Waals surface area contributed by atoms with Crippen molar-refractivity contribution >= 4 is 11.3 Å². The predicted octanol–water partition coefficient (Wildman–Crippen LogP) is 2.14. The molecule has 2 N–H and O–H groups in total. The fourth-order valence-electron chi connectivity index (χ4n) is 2.79. The first kappa shape index (κ1) is 15.0. The van der Waals surface area contributed by atoms with Crippen LogP contribution in [-0.4, -0.2) is 48.8 Å². The minimum Gasteiger partial charge on any atom is -0.395 e. The topological polar surface area (TPSA) is 35.5 Å². The Labute approximate surface area is 120 Å². The molecule has 19 heavy (non-hydrogen) atoms. The molecule has 1 aliphatic heterocycles. The van der Waals surface area contributed by atoms with Crippen LogP contribution in [0.1, 0.15) is 31.1 Å². The molecule has 0 aliphatic carbocycles. The van der Waals surface area contributed by atoms with Gasteiger partial charge in [-0.1, -0.05) is 19.9 Å². The van der Waals surface area contributed by atoms with E-state index in [0.29, 0.717) is 17.9 Å². The van der Waals surface area contributed by atoms with E-state index in [2.05, 4.69) is 41.6 Å². The maximum absolute atomic E-state index is 9.18. The summed E-state index contributed by atoms with van der Waals surface area (Å²) in [5, 5.41) is 15.0. The summed E-state index contributed by atoms with van der Waals surface area (Å²) < 4.78 is 0. The van der Waals surface area contributed by atoms with Gasteiger partial charge in [0.1, 0.15) is 0 Å². The normalized spacial score (nSPS) is 25.1. The lowest BCUT2D eigenvalue weighted by Crippen LogP contribution is -2.49. The summed E-state index contributed by atoms with van der Waals surface area (Å²) >= 11 is 1.86. The second-order valence-corrected chi connectivity index (χ2v) is 6.91. The Morgan fingerprint density at radius 1 is 1.47 bits per heavy atom. The van der Waals surface area contributed by atoms with Crippen LogP contribution in [-0.2, 0) is 0 Å². The molecule has 1 aromatic heterocycles. The summed E-state index contributed by atoms with van der Waals surface area (Å²) in [4.78, 5) is 3.88. The van der Waals surface area contributed by atoms with Crippen LogP contribution in [0.5, 0.6) is 0 Å². The Balaban J connectivity index is 1.96. The van der Waals surface area contributed by atoms with E-state index in [1.54, 1.807) is 0 Å². The van der Waals surface area contributed by atoms with E-state index in [4.69, 9.17) is 0 Å². The summed E-state index contributed by atoms with van der Waals surface area (Å²) in [5.41, 5.74) is 0. The molecule has 2 rings (SSSR count). The first-order valence-corrected chi connectivity index (χ1v) is 8.17. The first-order valence-electron chi connectivity index (χ1n) is 7.29. The molecule has 1 aliphatic rings. The Hall–Kier alpha value is -0.420. The number of nitrogens with zero attached hydrogens (tertiary/aromatic N) is 1. The first-order chi connectivity index (χ1) is 9.19. The molecule has 0 aromatic carbocycles. The Morgan fingerprint density at radius 2 is 2.32 bits per heavy atom. The lowest BCUT2D eigenvalue weighted by molar-refractivity contribution is 0.138. The molecule has 2 unspecified atom stereocenters. The largest absolute Gasteiger partial charge is 0.395 e. The van der Waals surface area contributed by atoms with E-state index < -0.39 is 0 Å². The van der Waals surface area contributed by atoms with E-state index in [9.17, 15) is 5.11 Å². The number of hydrogen-bond acceptors (Lipinski definition) is 4. The van der Waals surface area contributed by atoms with Crippen molar-refractivity contribution in [3.8, 4) is 0 Å². The Morgan fingerprint density at radius 3 is 2.95 bits per heavy atom. The lowest BCUT2D eigenvalue weighted by atomic mass is 9.92. The van der Waals surface area contributed by atoms with Gasteiger partial charge in [0.2, 0.25) is 0 Å². The summed E-state index contributed by atoms with van der Waals surface area (Å²) in [6.07, 6.45) is 1.22. The Bertz CT molecular complexity index is 353. The second kappa shape index (κ2) is 7.39. The molecule has 1 aromatic rings. The molecule has 0 amide bonds. The zero-order valence-corrected chi connectivity index (χ0v) is 12.8. The van der Waals surface area contributed by atoms with Crippen molar-refractivity contribution in [2.24, 2.45) is 5.92 Å². The molecule has 2 atom stereocenters. The summed E-state index contributed by atoms with van der Waals surface area (Å²) in [7, 11) is 0. The monoisotopic (exact) mass is 282 g/mol. The molecule has 2 heterocycles. The maximum atomic E-state index is 9.18. The van der Waals surface area contributed by atoms with Crippen LogP contribution in [0.25, 0.3) is 0 Å². The van der Waals surface area contributed by atoms with E-state index in [1.165, 1.54) is 11.3 Å². The fraction of sp³-hybridized carbons (Fsp3) is 0.733. The highest BCUT2D eigenvalue weighted by molar-refractivity contribution is 7.10. The van der Waals surface area contributed by atoms with Crippen LogP contribution in [0.2, 0.25) is 0 Å². The maximum Gasteiger partial charge on any atom is 0.0558 e. The number of nitrogens with one attached hydrogen (secondary N) is 1. The lowest BCUT2D eigenvalue weighted by Gasteiger charge is -2.38. The molecule has 108 valence electrons. The Kier molecular flexibility index (Phi) is 5.82. The molecule has 1 fully saturated rings. The van der Waals surface area contributed by atoms with E-state index in [0.717, 1.165) is 26.2 Å². The summed E-state index contributed by atoms with van der Waals surface area (Å²) in [6, 6.07) is 4.94. The smallest absolute Gasteiger partial charge is 0.0558 e. The average Bonchev–Trinajstić information content (AvgIpc) is 2.90. The molecule has 3 nitrogen and oxygen atoms in total. The van der Waals surface area contributed by atoms with Gasteiger partial charge in [-0.3, -0.25) is 4.90 Å². The highest BCUT2D eigenvalue weighted by atomic mass is 32.1. The molecular formula is C15H26N2OS. The highest BCUT2D eigenvalue weighted by Gasteiger charge is 2.28. The molecule has 0 spiro atoms. The number of β-amino-alcohol motifs (C(OH)–C–C–N with tert-alkyl or cyclic N) is 1. The van der Waals surface area contributed by atoms with Crippen LogP contribution >= 0.6 is 11.3 Å². The van der Waals surface area contributed by atoms with Gasteiger partial charge in [-0.25, -0.2) is 0 Å². The van der Waals surface area contributed by atoms with Crippen molar-refractivity contribution in [1.29, 1.82) is 0 Å². The molecule has 0 saturated carbocycles. The molecule has 0 radical (unpaired) electrons. The third-order valence-electron chi connectivity index (χ3n) is 3.70. The van der Waals surface area contributed by atoms with Gasteiger partial charge in [0.15, 0.2) is 0 Å². The fourth-order valence-corrected chi connectivity index (χ4v) is 3.63. The average molecular weight is 282 g/mol. The van der Waals surface area contributed by atoms with Gasteiger partial charge in [0, 0.05) is 36.5 Å². The molecule has 0 bridgehead atoms. The van der Waals surface area contributed by atoms with Crippen LogP contribution in [0.4, 0.5) is 0 Å². The summed E-state index contributed by atoms with van der Waals surface area (Å²) in [6.45, 7) is 8.77. The van der Waals surface area contributed by atoms with Crippen molar-refractivity contribution in [2.45, 2.75) is 32.2 Å². The minimum atomic E-state index is 0.258. The van der Waals surface area contributed by atoms with Gasteiger partial charge in [0.05, 0.1) is 6.61 Å². The zero-order chi connectivity index (χ0) is 13.7. The van der Waals surface area contributed by atoms with Crippen molar-refractivity contribution < 1.29 is 5.11 Å².